The molecule has 0 aliphatic heterocycles. The monoisotopic (exact) mass is 363 g/mol. The Hall–Kier alpha value is -2.92. The molecule has 1 amide bonds. The first kappa shape index (κ1) is 18.9. The van der Waals surface area contributed by atoms with Crippen LogP contribution in [0.1, 0.15) is 25.8 Å². The molecule has 5 nitrogen and oxygen atoms in total. The quantitative estimate of drug-likeness (QED) is 0.503. The van der Waals surface area contributed by atoms with Crippen molar-refractivity contribution in [1.82, 2.24) is 10.3 Å². The highest BCUT2D eigenvalue weighted by Gasteiger charge is 2.08. The van der Waals surface area contributed by atoms with Gasteiger partial charge in [0.2, 0.25) is 0 Å². The zero-order valence-corrected chi connectivity index (χ0v) is 15.8. The van der Waals surface area contributed by atoms with Gasteiger partial charge in [-0.2, -0.15) is 4.99 Å². The molecule has 0 atom stereocenters. The molecule has 0 bridgehead atoms. The van der Waals surface area contributed by atoms with Crippen molar-refractivity contribution in [1.29, 1.82) is 0 Å². The molecular formula is C22H25N3O2. The van der Waals surface area contributed by atoms with Crippen molar-refractivity contribution >= 4 is 27.9 Å². The van der Waals surface area contributed by atoms with Gasteiger partial charge in [-0.3, -0.25) is 0 Å². The summed E-state index contributed by atoms with van der Waals surface area (Å²) in [5, 5.41) is 6.27. The van der Waals surface area contributed by atoms with Gasteiger partial charge in [-0.05, 0) is 24.1 Å². The minimum absolute atomic E-state index is 0.290. The van der Waals surface area contributed by atoms with Crippen molar-refractivity contribution in [2.75, 3.05) is 6.61 Å². The van der Waals surface area contributed by atoms with Crippen molar-refractivity contribution in [3.63, 3.8) is 0 Å². The number of fused-ring (bicyclic) bond motifs is 3. The summed E-state index contributed by atoms with van der Waals surface area (Å²) in [7, 11) is 0. The molecule has 0 radical (unpaired) electrons. The summed E-state index contributed by atoms with van der Waals surface area (Å²) in [5.41, 5.74) is 3.25. The molecule has 3 rings (SSSR count). The summed E-state index contributed by atoms with van der Waals surface area (Å²) < 4.78 is 5.07. The maximum atomic E-state index is 11.9. The Morgan fingerprint density at radius 3 is 2.81 bits per heavy atom. The number of carbonyl (C=O) groups excluding carboxylic acids is 1. The number of carbonyl (C=O) groups is 1. The van der Waals surface area contributed by atoms with Crippen molar-refractivity contribution in [3.05, 3.63) is 66.0 Å². The second-order valence-electron chi connectivity index (χ2n) is 6.73. The second-order valence-corrected chi connectivity index (χ2v) is 6.73. The highest BCUT2D eigenvalue weighted by atomic mass is 16.5. The Bertz CT molecular complexity index is 1030. The van der Waals surface area contributed by atoms with Crippen LogP contribution in [0.5, 0.6) is 0 Å². The van der Waals surface area contributed by atoms with E-state index in [-0.39, 0.29) is 0 Å². The minimum Gasteiger partial charge on any atom is -0.448 e. The number of aromatic amines is 1. The third-order valence-corrected chi connectivity index (χ3v) is 4.28. The zero-order chi connectivity index (χ0) is 19.2. The van der Waals surface area contributed by atoms with Crippen LogP contribution in [0.15, 0.2) is 60.1 Å². The second kappa shape index (κ2) is 8.64. The molecule has 27 heavy (non-hydrogen) atoms. The van der Waals surface area contributed by atoms with E-state index in [1.54, 1.807) is 12.1 Å². The van der Waals surface area contributed by atoms with Gasteiger partial charge in [0.15, 0.2) is 0 Å². The van der Waals surface area contributed by atoms with Crippen LogP contribution in [-0.2, 0) is 11.3 Å². The van der Waals surface area contributed by atoms with Gasteiger partial charge in [-0.1, -0.05) is 50.3 Å². The zero-order valence-electron chi connectivity index (χ0n) is 15.8. The van der Waals surface area contributed by atoms with Crippen LogP contribution in [0.25, 0.3) is 21.8 Å². The van der Waals surface area contributed by atoms with E-state index in [0.717, 1.165) is 28.4 Å². The SMILES string of the molecule is C=CCCOC(=O)N=c1cccc2c(c1)[nH]c1c(CNC(C)C)cccc12. The van der Waals surface area contributed by atoms with E-state index in [1.807, 2.05) is 18.2 Å². The number of nitrogens with one attached hydrogen (secondary N) is 2. The number of hydrogen-bond donors (Lipinski definition) is 2. The Morgan fingerprint density at radius 2 is 2.04 bits per heavy atom. The number of para-hydroxylation sites is 1. The van der Waals surface area contributed by atoms with E-state index in [9.17, 15) is 4.79 Å². The Kier molecular flexibility index (Phi) is 6.04. The Labute approximate surface area is 158 Å². The van der Waals surface area contributed by atoms with Gasteiger partial charge in [0, 0.05) is 28.9 Å². The molecule has 3 aromatic rings. The van der Waals surface area contributed by atoms with Crippen molar-refractivity contribution in [2.24, 2.45) is 4.99 Å². The van der Waals surface area contributed by atoms with Crippen LogP contribution >= 0.6 is 0 Å². The fourth-order valence-electron chi connectivity index (χ4n) is 2.95. The Morgan fingerprint density at radius 1 is 1.26 bits per heavy atom. The van der Waals surface area contributed by atoms with Crippen LogP contribution in [-0.4, -0.2) is 23.7 Å². The molecule has 140 valence electrons. The maximum Gasteiger partial charge on any atom is 0.434 e. The van der Waals surface area contributed by atoms with E-state index in [2.05, 4.69) is 53.9 Å². The maximum absolute atomic E-state index is 11.9. The lowest BCUT2D eigenvalue weighted by atomic mass is 10.1. The number of ether oxygens (including phenoxy) is 1. The average Bonchev–Trinajstić information content (AvgIpc) is 2.85. The molecule has 0 fully saturated rings. The van der Waals surface area contributed by atoms with Gasteiger partial charge in [0.1, 0.15) is 0 Å². The van der Waals surface area contributed by atoms with Crippen LogP contribution < -0.4 is 10.7 Å². The molecule has 0 saturated carbocycles. The standard InChI is InChI=1S/C22H25N3O2/c1-4-5-12-27-22(26)24-17-9-7-10-18-19-11-6-8-16(14-23-15(2)3)21(19)25-20(18)13-17/h4,6-11,13,15,23,25H,1,5,12,14H2,2-3H3. The lowest BCUT2D eigenvalue weighted by molar-refractivity contribution is 0.158. The highest BCUT2D eigenvalue weighted by molar-refractivity contribution is 6.07. The first-order chi connectivity index (χ1) is 13.1. The molecule has 0 aliphatic carbocycles. The number of aromatic nitrogens is 1. The Balaban J connectivity index is 2.01. The predicted molar refractivity (Wildman–Crippen MR) is 110 cm³/mol. The minimum atomic E-state index is -0.589. The first-order valence-electron chi connectivity index (χ1n) is 9.18. The van der Waals surface area contributed by atoms with E-state index in [1.165, 1.54) is 5.56 Å². The summed E-state index contributed by atoms with van der Waals surface area (Å²) in [5.74, 6) is 0. The van der Waals surface area contributed by atoms with Crippen molar-refractivity contribution in [2.45, 2.75) is 32.9 Å². The van der Waals surface area contributed by atoms with Gasteiger partial charge >= 0.3 is 6.09 Å². The fourth-order valence-corrected chi connectivity index (χ4v) is 2.95. The molecule has 5 heteroatoms. The van der Waals surface area contributed by atoms with Crippen LogP contribution in [0.2, 0.25) is 0 Å². The highest BCUT2D eigenvalue weighted by Crippen LogP contribution is 2.26. The number of H-pyrrole nitrogens is 1. The molecule has 0 aliphatic rings. The fraction of sp³-hybridized carbons (Fsp3) is 0.273. The van der Waals surface area contributed by atoms with Crippen molar-refractivity contribution < 1.29 is 9.53 Å². The third-order valence-electron chi connectivity index (χ3n) is 4.28. The largest absolute Gasteiger partial charge is 0.448 e. The summed E-state index contributed by atoms with van der Waals surface area (Å²) in [4.78, 5) is 19.4. The van der Waals surface area contributed by atoms with E-state index in [4.69, 9.17) is 4.74 Å². The average molecular weight is 363 g/mol. The van der Waals surface area contributed by atoms with Gasteiger partial charge < -0.3 is 15.0 Å². The summed E-state index contributed by atoms with van der Waals surface area (Å²) in [6.45, 7) is 8.95. The normalized spacial score (nSPS) is 12.0. The molecule has 2 aromatic carbocycles. The van der Waals surface area contributed by atoms with Crippen LogP contribution in [0, 0.1) is 0 Å². The molecule has 2 N–H and O–H groups in total. The number of benzene rings is 1. The predicted octanol–water partition coefficient (Wildman–Crippen LogP) is 4.43. The lowest BCUT2D eigenvalue weighted by Crippen LogP contribution is -2.21. The van der Waals surface area contributed by atoms with E-state index < -0.39 is 6.09 Å². The van der Waals surface area contributed by atoms with Crippen LogP contribution in [0.3, 0.4) is 0 Å². The smallest absolute Gasteiger partial charge is 0.434 e. The summed E-state index contributed by atoms with van der Waals surface area (Å²) >= 11 is 0. The molecule has 0 saturated heterocycles. The summed E-state index contributed by atoms with van der Waals surface area (Å²) in [6, 6.07) is 14.3. The number of hydrogen-bond acceptors (Lipinski definition) is 3. The first-order valence-corrected chi connectivity index (χ1v) is 9.18. The number of amides is 1. The van der Waals surface area contributed by atoms with Gasteiger partial charge in [0.25, 0.3) is 0 Å². The van der Waals surface area contributed by atoms with Crippen LogP contribution in [0.4, 0.5) is 4.79 Å². The number of nitrogens with zero attached hydrogens (tertiary/aromatic N) is 1. The molecule has 1 aromatic heterocycles. The summed E-state index contributed by atoms with van der Waals surface area (Å²) in [6.07, 6.45) is 1.73. The topological polar surface area (TPSA) is 66.5 Å². The van der Waals surface area contributed by atoms with E-state index >= 15 is 0 Å². The lowest BCUT2D eigenvalue weighted by Gasteiger charge is -2.08. The van der Waals surface area contributed by atoms with Crippen molar-refractivity contribution in [3.8, 4) is 0 Å². The number of rotatable bonds is 6. The molecule has 0 spiro atoms. The third kappa shape index (κ3) is 4.63. The van der Waals surface area contributed by atoms with Gasteiger partial charge in [-0.15, -0.1) is 6.58 Å². The van der Waals surface area contributed by atoms with Gasteiger partial charge in [-0.25, -0.2) is 4.79 Å². The molecule has 0 unspecified atom stereocenters. The van der Waals surface area contributed by atoms with Gasteiger partial charge in [0.05, 0.1) is 17.5 Å². The molecular weight excluding hydrogens is 338 g/mol. The molecule has 1 heterocycles. The van der Waals surface area contributed by atoms with E-state index in [0.29, 0.717) is 24.4 Å².